The Labute approximate surface area is 96.7 Å². The summed E-state index contributed by atoms with van der Waals surface area (Å²) >= 11 is 0. The second-order valence-electron chi connectivity index (χ2n) is 4.98. The number of fused-ring (bicyclic) bond motifs is 2. The fourth-order valence-corrected chi connectivity index (χ4v) is 2.62. The smallest absolute Gasteiger partial charge is 0.310 e. The van der Waals surface area contributed by atoms with Gasteiger partial charge in [0.1, 0.15) is 6.61 Å². The molecule has 1 N–H and O–H groups in total. The Kier molecular flexibility index (Phi) is 3.82. The maximum atomic E-state index is 11.8. The number of carbonyl (C=O) groups is 1. The highest BCUT2D eigenvalue weighted by molar-refractivity contribution is 5.74. The van der Waals surface area contributed by atoms with Gasteiger partial charge in [-0.05, 0) is 33.1 Å². The Balaban J connectivity index is 1.65. The van der Waals surface area contributed by atoms with Crippen LogP contribution in [0.2, 0.25) is 0 Å². The van der Waals surface area contributed by atoms with E-state index in [2.05, 4.69) is 5.32 Å². The second-order valence-corrected chi connectivity index (χ2v) is 4.98. The lowest BCUT2D eigenvalue weighted by atomic mass is 9.89. The van der Waals surface area contributed by atoms with Gasteiger partial charge in [-0.15, -0.1) is 0 Å². The van der Waals surface area contributed by atoms with E-state index in [0.717, 1.165) is 12.8 Å². The van der Waals surface area contributed by atoms with E-state index in [1.807, 2.05) is 13.8 Å². The minimum atomic E-state index is -0.0490. The molecule has 2 aliphatic rings. The summed E-state index contributed by atoms with van der Waals surface area (Å²) in [5, 5.41) is 3.44. The lowest BCUT2D eigenvalue weighted by Gasteiger charge is -2.18. The number of hydrogen-bond donors (Lipinski definition) is 1. The summed E-state index contributed by atoms with van der Waals surface area (Å²) < 4.78 is 10.5. The normalized spacial score (nSPS) is 32.3. The fraction of sp³-hybridized carbons (Fsp3) is 0.917. The van der Waals surface area contributed by atoms with Crippen molar-refractivity contribution in [3.63, 3.8) is 0 Å². The second kappa shape index (κ2) is 5.15. The number of esters is 1. The van der Waals surface area contributed by atoms with E-state index in [1.165, 1.54) is 6.42 Å². The van der Waals surface area contributed by atoms with Crippen LogP contribution < -0.4 is 5.32 Å². The minimum Gasteiger partial charge on any atom is -0.463 e. The number of hydrogen-bond acceptors (Lipinski definition) is 4. The molecule has 2 bridgehead atoms. The van der Waals surface area contributed by atoms with Crippen molar-refractivity contribution in [2.24, 2.45) is 5.92 Å². The molecule has 0 amide bonds. The molecule has 0 aromatic rings. The van der Waals surface area contributed by atoms with Crippen molar-refractivity contribution >= 4 is 5.97 Å². The van der Waals surface area contributed by atoms with Crippen LogP contribution in [0.3, 0.4) is 0 Å². The fourth-order valence-electron chi connectivity index (χ4n) is 2.62. The average molecular weight is 227 g/mol. The van der Waals surface area contributed by atoms with E-state index in [9.17, 15) is 4.79 Å². The van der Waals surface area contributed by atoms with E-state index in [-0.39, 0.29) is 18.0 Å². The third kappa shape index (κ3) is 2.74. The van der Waals surface area contributed by atoms with Crippen LogP contribution in [-0.4, -0.2) is 37.4 Å². The third-order valence-electron chi connectivity index (χ3n) is 3.38. The van der Waals surface area contributed by atoms with Crippen molar-refractivity contribution in [1.29, 1.82) is 0 Å². The molecule has 0 aliphatic carbocycles. The van der Waals surface area contributed by atoms with E-state index in [1.54, 1.807) is 0 Å². The van der Waals surface area contributed by atoms with Gasteiger partial charge in [-0.3, -0.25) is 4.79 Å². The maximum Gasteiger partial charge on any atom is 0.310 e. The van der Waals surface area contributed by atoms with Gasteiger partial charge in [0.05, 0.1) is 18.6 Å². The minimum absolute atomic E-state index is 0.0490. The van der Waals surface area contributed by atoms with Gasteiger partial charge in [-0.25, -0.2) is 0 Å². The molecule has 4 heteroatoms. The average Bonchev–Trinajstić information content (AvgIpc) is 2.85. The van der Waals surface area contributed by atoms with E-state index in [4.69, 9.17) is 9.47 Å². The predicted octanol–water partition coefficient (Wildman–Crippen LogP) is 1.10. The molecule has 2 fully saturated rings. The summed E-state index contributed by atoms with van der Waals surface area (Å²) in [6.07, 6.45) is 3.48. The largest absolute Gasteiger partial charge is 0.463 e. The molecule has 3 unspecified atom stereocenters. The van der Waals surface area contributed by atoms with Gasteiger partial charge >= 0.3 is 5.97 Å². The molecule has 2 aliphatic heterocycles. The topological polar surface area (TPSA) is 47.6 Å². The summed E-state index contributed by atoms with van der Waals surface area (Å²) in [7, 11) is 0. The molecule has 0 saturated carbocycles. The Morgan fingerprint density at radius 2 is 2.19 bits per heavy atom. The van der Waals surface area contributed by atoms with Crippen molar-refractivity contribution in [3.05, 3.63) is 0 Å². The summed E-state index contributed by atoms with van der Waals surface area (Å²) in [6.45, 7) is 4.83. The van der Waals surface area contributed by atoms with Crippen LogP contribution in [0.1, 0.15) is 33.1 Å². The lowest BCUT2D eigenvalue weighted by Crippen LogP contribution is -2.30. The molecule has 0 aromatic heterocycles. The maximum absolute atomic E-state index is 11.8. The van der Waals surface area contributed by atoms with E-state index in [0.29, 0.717) is 25.3 Å². The van der Waals surface area contributed by atoms with Crippen LogP contribution in [0, 0.1) is 5.92 Å². The first-order valence-corrected chi connectivity index (χ1v) is 6.21. The van der Waals surface area contributed by atoms with Crippen LogP contribution in [0.15, 0.2) is 0 Å². The monoisotopic (exact) mass is 227 g/mol. The van der Waals surface area contributed by atoms with Gasteiger partial charge < -0.3 is 14.8 Å². The van der Waals surface area contributed by atoms with E-state index < -0.39 is 0 Å². The standard InChI is InChI=1S/C12H21NO3/c1-8(2)15-5-6-16-12(14)10-7-9-3-4-11(10)13-9/h8-11,13H,3-7H2,1-2H3. The molecule has 0 radical (unpaired) electrons. The quantitative estimate of drug-likeness (QED) is 0.564. The lowest BCUT2D eigenvalue weighted by molar-refractivity contribution is -0.151. The molecule has 16 heavy (non-hydrogen) atoms. The highest BCUT2D eigenvalue weighted by atomic mass is 16.6. The summed E-state index contributed by atoms with van der Waals surface area (Å²) in [6, 6.07) is 0.915. The van der Waals surface area contributed by atoms with Gasteiger partial charge in [0.25, 0.3) is 0 Å². The molecular formula is C12H21NO3. The van der Waals surface area contributed by atoms with Crippen LogP contribution in [0.5, 0.6) is 0 Å². The van der Waals surface area contributed by atoms with Crippen LogP contribution in [0.25, 0.3) is 0 Å². The zero-order chi connectivity index (χ0) is 11.5. The van der Waals surface area contributed by atoms with Gasteiger partial charge in [-0.2, -0.15) is 0 Å². The Morgan fingerprint density at radius 1 is 1.38 bits per heavy atom. The molecule has 0 aromatic carbocycles. The first-order chi connectivity index (χ1) is 7.66. The predicted molar refractivity (Wildman–Crippen MR) is 60.1 cm³/mol. The van der Waals surface area contributed by atoms with Gasteiger partial charge in [0.15, 0.2) is 0 Å². The molecule has 2 saturated heterocycles. The Hall–Kier alpha value is -0.610. The molecule has 92 valence electrons. The number of ether oxygens (including phenoxy) is 2. The molecular weight excluding hydrogens is 206 g/mol. The first kappa shape index (κ1) is 11.9. The van der Waals surface area contributed by atoms with Crippen LogP contribution >= 0.6 is 0 Å². The van der Waals surface area contributed by atoms with Gasteiger partial charge in [0.2, 0.25) is 0 Å². The molecule has 3 atom stereocenters. The molecule has 0 spiro atoms. The summed E-state index contributed by atoms with van der Waals surface area (Å²) in [5.41, 5.74) is 0. The Morgan fingerprint density at radius 3 is 2.75 bits per heavy atom. The molecule has 4 nitrogen and oxygen atoms in total. The number of carbonyl (C=O) groups excluding carboxylic acids is 1. The zero-order valence-electron chi connectivity index (χ0n) is 10.1. The number of rotatable bonds is 5. The first-order valence-electron chi connectivity index (χ1n) is 6.21. The van der Waals surface area contributed by atoms with Crippen molar-refractivity contribution in [2.45, 2.75) is 51.3 Å². The van der Waals surface area contributed by atoms with Gasteiger partial charge in [-0.1, -0.05) is 0 Å². The molecule has 2 rings (SSSR count). The third-order valence-corrected chi connectivity index (χ3v) is 3.38. The van der Waals surface area contributed by atoms with Crippen LogP contribution in [0.4, 0.5) is 0 Å². The number of nitrogens with one attached hydrogen (secondary N) is 1. The summed E-state index contributed by atoms with van der Waals surface area (Å²) in [4.78, 5) is 11.8. The van der Waals surface area contributed by atoms with Crippen molar-refractivity contribution in [1.82, 2.24) is 5.32 Å². The van der Waals surface area contributed by atoms with Gasteiger partial charge in [0, 0.05) is 12.1 Å². The molecule has 2 heterocycles. The van der Waals surface area contributed by atoms with E-state index >= 15 is 0 Å². The highest BCUT2D eigenvalue weighted by Crippen LogP contribution is 2.33. The zero-order valence-corrected chi connectivity index (χ0v) is 10.1. The van der Waals surface area contributed by atoms with Crippen molar-refractivity contribution in [2.75, 3.05) is 13.2 Å². The summed E-state index contributed by atoms with van der Waals surface area (Å²) in [5.74, 6) is 0.0323. The van der Waals surface area contributed by atoms with Crippen molar-refractivity contribution in [3.8, 4) is 0 Å². The highest BCUT2D eigenvalue weighted by Gasteiger charge is 2.43. The Bertz CT molecular complexity index is 255. The SMILES string of the molecule is CC(C)OCCOC(=O)C1CC2CCC1N2. The van der Waals surface area contributed by atoms with Crippen molar-refractivity contribution < 1.29 is 14.3 Å². The van der Waals surface area contributed by atoms with Crippen LogP contribution in [-0.2, 0) is 14.3 Å².